The Morgan fingerprint density at radius 1 is 1.22 bits per heavy atom. The number of aliphatic hydroxyl groups is 1. The van der Waals surface area contributed by atoms with Gasteiger partial charge in [-0.3, -0.25) is 4.79 Å². The van der Waals surface area contributed by atoms with Crippen molar-refractivity contribution < 1.29 is 9.90 Å². The minimum Gasteiger partial charge on any atom is -0.371 e. The van der Waals surface area contributed by atoms with Gasteiger partial charge in [0.25, 0.3) is 5.91 Å². The number of rotatable bonds is 4. The highest BCUT2D eigenvalue weighted by Gasteiger charge is 2.23. The Kier molecular flexibility index (Phi) is 5.46. The number of nitrogen functional groups attached to an aromatic ring is 1. The number of anilines is 1. The van der Waals surface area contributed by atoms with Gasteiger partial charge < -0.3 is 21.9 Å². The lowest BCUT2D eigenvalue weighted by molar-refractivity contribution is 0.0951. The predicted octanol–water partition coefficient (Wildman–Crippen LogP) is 0.0929. The van der Waals surface area contributed by atoms with Gasteiger partial charge in [-0.25, -0.2) is 19.6 Å². The molecule has 4 rings (SSSR count). The number of aromatic nitrogens is 6. The van der Waals surface area contributed by atoms with E-state index in [1.54, 1.807) is 30.3 Å². The number of amides is 1. The lowest BCUT2D eigenvalue weighted by atomic mass is 10.1. The molecule has 6 N–H and O–H groups in total. The third-order valence-electron chi connectivity index (χ3n) is 4.49. The van der Waals surface area contributed by atoms with Crippen LogP contribution in [0.2, 0.25) is 0 Å². The van der Waals surface area contributed by atoms with Crippen LogP contribution in [0, 0.1) is 11.8 Å². The number of carbonyl (C=O) groups is 1. The van der Waals surface area contributed by atoms with Crippen molar-refractivity contribution in [2.45, 2.75) is 12.5 Å². The maximum atomic E-state index is 12.5. The summed E-state index contributed by atoms with van der Waals surface area (Å²) in [6.45, 7) is 1.48. The second kappa shape index (κ2) is 8.38. The van der Waals surface area contributed by atoms with Crippen molar-refractivity contribution >= 4 is 22.8 Å². The largest absolute Gasteiger partial charge is 0.371 e. The first kappa shape index (κ1) is 20.9. The molecule has 3 aromatic heterocycles. The standard InChI is InChI=1S/C21H19N9O2/c1-21(32,19-24-8-2-9-25-19)7-5-13-3-4-14-15(11-13)30(16-6-10-26-20(23)28-16)29-17(14)18(31)27-12-22/h2-4,6,8-11,32H,12,22H2,1H3,(H,27,31)(H2,23,26,28). The van der Waals surface area contributed by atoms with Gasteiger partial charge in [0.05, 0.1) is 12.2 Å². The normalized spacial score (nSPS) is 12.6. The van der Waals surface area contributed by atoms with Crippen molar-refractivity contribution in [1.29, 1.82) is 0 Å². The highest BCUT2D eigenvalue weighted by molar-refractivity contribution is 6.05. The van der Waals surface area contributed by atoms with Crippen molar-refractivity contribution in [2.75, 3.05) is 12.4 Å². The van der Waals surface area contributed by atoms with Crippen LogP contribution < -0.4 is 16.8 Å². The van der Waals surface area contributed by atoms with Crippen molar-refractivity contribution in [3.63, 3.8) is 0 Å². The zero-order valence-electron chi connectivity index (χ0n) is 17.0. The predicted molar refractivity (Wildman–Crippen MR) is 116 cm³/mol. The van der Waals surface area contributed by atoms with E-state index in [0.717, 1.165) is 0 Å². The number of hydrogen-bond donors (Lipinski definition) is 4. The van der Waals surface area contributed by atoms with Gasteiger partial charge in [-0.2, -0.15) is 10.1 Å². The van der Waals surface area contributed by atoms with Crippen molar-refractivity contribution in [1.82, 2.24) is 35.0 Å². The van der Waals surface area contributed by atoms with Gasteiger partial charge in [-0.15, -0.1) is 0 Å². The van der Waals surface area contributed by atoms with Crippen molar-refractivity contribution in [3.05, 3.63) is 66.0 Å². The fraction of sp³-hybridized carbons (Fsp3) is 0.143. The highest BCUT2D eigenvalue weighted by atomic mass is 16.3. The molecular weight excluding hydrogens is 410 g/mol. The lowest BCUT2D eigenvalue weighted by Crippen LogP contribution is -2.29. The number of benzene rings is 1. The van der Waals surface area contributed by atoms with E-state index >= 15 is 0 Å². The van der Waals surface area contributed by atoms with Gasteiger partial charge in [0.1, 0.15) is 0 Å². The van der Waals surface area contributed by atoms with Gasteiger partial charge in [0, 0.05) is 35.6 Å². The first-order valence-corrected chi connectivity index (χ1v) is 9.52. The Morgan fingerprint density at radius 2 is 2.00 bits per heavy atom. The second-order valence-corrected chi connectivity index (χ2v) is 6.87. The molecule has 0 radical (unpaired) electrons. The number of carbonyl (C=O) groups excluding carboxylic acids is 1. The summed E-state index contributed by atoms with van der Waals surface area (Å²) in [5.41, 5.74) is 10.9. The van der Waals surface area contributed by atoms with Crippen LogP contribution in [0.3, 0.4) is 0 Å². The molecule has 0 saturated carbocycles. The minimum absolute atomic E-state index is 0.0339. The summed E-state index contributed by atoms with van der Waals surface area (Å²) in [7, 11) is 0. The molecule has 1 unspecified atom stereocenters. The monoisotopic (exact) mass is 429 g/mol. The maximum absolute atomic E-state index is 12.5. The molecule has 0 aliphatic carbocycles. The topological polar surface area (TPSA) is 171 Å². The van der Waals surface area contributed by atoms with Crippen LogP contribution in [-0.4, -0.2) is 47.4 Å². The molecule has 1 aromatic carbocycles. The van der Waals surface area contributed by atoms with Crippen molar-refractivity contribution in [3.8, 4) is 17.7 Å². The zero-order valence-corrected chi connectivity index (χ0v) is 17.0. The molecule has 160 valence electrons. The minimum atomic E-state index is -1.55. The average Bonchev–Trinajstić information content (AvgIpc) is 3.18. The molecule has 32 heavy (non-hydrogen) atoms. The molecule has 0 aliphatic heterocycles. The van der Waals surface area contributed by atoms with Crippen LogP contribution in [0.5, 0.6) is 0 Å². The number of nitrogens with zero attached hydrogens (tertiary/aromatic N) is 6. The van der Waals surface area contributed by atoms with Gasteiger partial charge in [-0.1, -0.05) is 11.8 Å². The SMILES string of the molecule is CC(O)(C#Cc1ccc2c(C(=O)NCN)nn(-c3ccnc(N)n3)c2c1)c1ncccn1. The Morgan fingerprint density at radius 3 is 2.72 bits per heavy atom. The van der Waals surface area contributed by atoms with E-state index in [0.29, 0.717) is 22.3 Å². The molecule has 4 aromatic rings. The third-order valence-corrected chi connectivity index (χ3v) is 4.49. The summed E-state index contributed by atoms with van der Waals surface area (Å²) in [6, 6.07) is 8.43. The molecule has 0 spiro atoms. The summed E-state index contributed by atoms with van der Waals surface area (Å²) < 4.78 is 1.47. The summed E-state index contributed by atoms with van der Waals surface area (Å²) in [5.74, 6) is 5.92. The molecule has 0 fully saturated rings. The Bertz CT molecular complexity index is 1350. The van der Waals surface area contributed by atoms with Gasteiger partial charge >= 0.3 is 0 Å². The van der Waals surface area contributed by atoms with E-state index < -0.39 is 11.5 Å². The van der Waals surface area contributed by atoms with Crippen LogP contribution in [0.4, 0.5) is 5.95 Å². The smallest absolute Gasteiger partial charge is 0.273 e. The third kappa shape index (κ3) is 4.08. The Labute approximate surface area is 182 Å². The first-order valence-electron chi connectivity index (χ1n) is 9.52. The van der Waals surface area contributed by atoms with E-state index in [9.17, 15) is 9.90 Å². The molecule has 11 heteroatoms. The lowest BCUT2D eigenvalue weighted by Gasteiger charge is -2.13. The zero-order chi connectivity index (χ0) is 22.7. The van der Waals surface area contributed by atoms with Crippen LogP contribution in [-0.2, 0) is 5.60 Å². The van der Waals surface area contributed by atoms with Gasteiger partial charge in [0.2, 0.25) is 5.95 Å². The van der Waals surface area contributed by atoms with E-state index in [-0.39, 0.29) is 24.1 Å². The molecule has 0 bridgehead atoms. The van der Waals surface area contributed by atoms with E-state index in [2.05, 4.69) is 42.2 Å². The van der Waals surface area contributed by atoms with Crippen LogP contribution in [0.15, 0.2) is 48.9 Å². The van der Waals surface area contributed by atoms with E-state index in [4.69, 9.17) is 11.5 Å². The Balaban J connectivity index is 1.83. The fourth-order valence-electron chi connectivity index (χ4n) is 2.99. The van der Waals surface area contributed by atoms with Gasteiger partial charge in [-0.05, 0) is 31.2 Å². The van der Waals surface area contributed by atoms with Gasteiger partial charge in [0.15, 0.2) is 22.9 Å². The summed E-state index contributed by atoms with van der Waals surface area (Å²) in [6.07, 6.45) is 4.56. The summed E-state index contributed by atoms with van der Waals surface area (Å²) >= 11 is 0. The molecule has 1 atom stereocenters. The maximum Gasteiger partial charge on any atom is 0.273 e. The molecular formula is C21H19N9O2. The number of fused-ring (bicyclic) bond motifs is 1. The quantitative estimate of drug-likeness (QED) is 0.259. The molecule has 1 amide bonds. The molecule has 0 aliphatic rings. The van der Waals surface area contributed by atoms with E-state index in [1.807, 2.05) is 0 Å². The van der Waals surface area contributed by atoms with Crippen LogP contribution in [0.25, 0.3) is 16.7 Å². The van der Waals surface area contributed by atoms with Crippen LogP contribution in [0.1, 0.15) is 28.8 Å². The fourth-order valence-corrected chi connectivity index (χ4v) is 2.99. The van der Waals surface area contributed by atoms with E-state index in [1.165, 1.54) is 30.2 Å². The van der Waals surface area contributed by atoms with Crippen molar-refractivity contribution in [2.24, 2.45) is 5.73 Å². The average molecular weight is 429 g/mol. The summed E-state index contributed by atoms with van der Waals surface area (Å²) in [4.78, 5) is 28.7. The van der Waals surface area contributed by atoms with Crippen LogP contribution >= 0.6 is 0 Å². The highest BCUT2D eigenvalue weighted by Crippen LogP contribution is 2.23. The second-order valence-electron chi connectivity index (χ2n) is 6.87. The Hall–Kier alpha value is -4.40. The number of hydrogen-bond acceptors (Lipinski definition) is 9. The number of nitrogens with two attached hydrogens (primary N) is 2. The summed E-state index contributed by atoms with van der Waals surface area (Å²) in [5, 5.41) is 18.2. The molecule has 3 heterocycles. The number of nitrogens with one attached hydrogen (secondary N) is 1. The molecule has 0 saturated heterocycles. The molecule has 11 nitrogen and oxygen atoms in total. The first-order chi connectivity index (χ1) is 15.4.